The molecule has 0 saturated heterocycles. The van der Waals surface area contributed by atoms with Crippen molar-refractivity contribution in [2.75, 3.05) is 0 Å². The summed E-state index contributed by atoms with van der Waals surface area (Å²) in [5, 5.41) is 10.5. The van der Waals surface area contributed by atoms with Crippen LogP contribution >= 0.6 is 0 Å². The van der Waals surface area contributed by atoms with Crippen LogP contribution in [0.5, 0.6) is 11.5 Å². The van der Waals surface area contributed by atoms with Crippen LogP contribution in [0.15, 0.2) is 82.6 Å². The van der Waals surface area contributed by atoms with Gasteiger partial charge in [-0.2, -0.15) is 5.26 Å². The molecule has 5 rings (SSSR count). The molecule has 0 bridgehead atoms. The highest BCUT2D eigenvalue weighted by Crippen LogP contribution is 2.43. The van der Waals surface area contributed by atoms with Gasteiger partial charge in [0.2, 0.25) is 11.6 Å². The molecular weight excluding hydrogens is 423 g/mol. The van der Waals surface area contributed by atoms with Crippen molar-refractivity contribution in [3.05, 3.63) is 106 Å². The molecule has 1 unspecified atom stereocenters. The first kappa shape index (κ1) is 20.3. The second-order valence-corrected chi connectivity index (χ2v) is 7.62. The van der Waals surface area contributed by atoms with Crippen LogP contribution in [0.3, 0.4) is 0 Å². The molecule has 0 amide bonds. The quantitative estimate of drug-likeness (QED) is 0.342. The van der Waals surface area contributed by atoms with Gasteiger partial charge in [-0.3, -0.25) is 0 Å². The number of halogens is 1. The van der Waals surface area contributed by atoms with Crippen LogP contribution in [-0.2, 0) is 0 Å². The van der Waals surface area contributed by atoms with E-state index >= 15 is 0 Å². The van der Waals surface area contributed by atoms with Crippen molar-refractivity contribution in [1.29, 1.82) is 5.26 Å². The lowest BCUT2D eigenvalue weighted by Crippen LogP contribution is -2.21. The fourth-order valence-electron chi connectivity index (χ4n) is 4.02. The van der Waals surface area contributed by atoms with Gasteiger partial charge in [-0.15, -0.1) is 0 Å². The first-order valence-electron chi connectivity index (χ1n) is 10.1. The number of fused-ring (bicyclic) bond motifs is 2. The maximum atomic E-state index is 13.4. The van der Waals surface area contributed by atoms with Crippen molar-refractivity contribution in [3.8, 4) is 17.6 Å². The molecular formula is C26H17FN2O4. The van der Waals surface area contributed by atoms with E-state index in [9.17, 15) is 14.4 Å². The first-order valence-corrected chi connectivity index (χ1v) is 10.1. The predicted octanol–water partition coefficient (Wildman–Crippen LogP) is 5.32. The molecule has 0 fully saturated rings. The average Bonchev–Trinajstić information content (AvgIpc) is 3.15. The van der Waals surface area contributed by atoms with E-state index in [-0.39, 0.29) is 28.8 Å². The molecule has 33 heavy (non-hydrogen) atoms. The topological polar surface area (TPSA) is 98.5 Å². The molecule has 3 aromatic carbocycles. The highest BCUT2D eigenvalue weighted by Gasteiger charge is 2.31. The van der Waals surface area contributed by atoms with Crippen LogP contribution in [0, 0.1) is 24.1 Å². The minimum atomic E-state index is -0.643. The van der Waals surface area contributed by atoms with Crippen molar-refractivity contribution >= 4 is 16.9 Å². The Hall–Kier alpha value is -4.57. The summed E-state index contributed by atoms with van der Waals surface area (Å²) in [6.45, 7) is 1.79. The van der Waals surface area contributed by atoms with Gasteiger partial charge >= 0.3 is 5.97 Å². The van der Waals surface area contributed by atoms with Crippen LogP contribution in [0.2, 0.25) is 0 Å². The molecule has 0 saturated carbocycles. The number of ether oxygens (including phenoxy) is 2. The van der Waals surface area contributed by atoms with Crippen LogP contribution in [0.25, 0.3) is 11.0 Å². The van der Waals surface area contributed by atoms with E-state index in [0.717, 1.165) is 5.39 Å². The number of aryl methyl sites for hydroxylation is 1. The third-order valence-corrected chi connectivity index (χ3v) is 5.63. The van der Waals surface area contributed by atoms with E-state index in [4.69, 9.17) is 19.6 Å². The summed E-state index contributed by atoms with van der Waals surface area (Å²) in [7, 11) is 0. The number of allylic oxidation sites excluding steroid dienone is 1. The molecule has 162 valence electrons. The molecule has 2 heterocycles. The van der Waals surface area contributed by atoms with Crippen molar-refractivity contribution in [3.63, 3.8) is 0 Å². The summed E-state index contributed by atoms with van der Waals surface area (Å²) < 4.78 is 30.3. The maximum absolute atomic E-state index is 13.4. The summed E-state index contributed by atoms with van der Waals surface area (Å²) >= 11 is 0. The molecule has 6 nitrogen and oxygen atoms in total. The fraction of sp³-hybridized carbons (Fsp3) is 0.0769. The van der Waals surface area contributed by atoms with Gasteiger partial charge < -0.3 is 19.6 Å². The van der Waals surface area contributed by atoms with Crippen LogP contribution in [0.4, 0.5) is 4.39 Å². The van der Waals surface area contributed by atoms with Gasteiger partial charge in [0.1, 0.15) is 34.5 Å². The SMILES string of the molecule is Cc1c(C(=O)Oc2ccc3c(c2)OC(N)=C(C#N)C3c2ccc(F)cc2)oc2ccccc12. The number of hydrogen-bond donors (Lipinski definition) is 1. The number of benzene rings is 3. The zero-order valence-electron chi connectivity index (χ0n) is 17.5. The van der Waals surface area contributed by atoms with Crippen molar-refractivity contribution in [2.45, 2.75) is 12.8 Å². The molecule has 0 aliphatic carbocycles. The molecule has 1 atom stereocenters. The second-order valence-electron chi connectivity index (χ2n) is 7.62. The summed E-state index contributed by atoms with van der Waals surface area (Å²) in [5.74, 6) is -0.944. The zero-order chi connectivity index (χ0) is 23.1. The third kappa shape index (κ3) is 3.48. The lowest BCUT2D eigenvalue weighted by Gasteiger charge is -2.26. The molecule has 0 spiro atoms. The van der Waals surface area contributed by atoms with Crippen LogP contribution in [-0.4, -0.2) is 5.97 Å². The molecule has 2 N–H and O–H groups in total. The van der Waals surface area contributed by atoms with E-state index in [1.54, 1.807) is 37.3 Å². The number of rotatable bonds is 3. The van der Waals surface area contributed by atoms with E-state index in [2.05, 4.69) is 6.07 Å². The Labute approximate surface area is 188 Å². The Morgan fingerprint density at radius 1 is 1.12 bits per heavy atom. The minimum absolute atomic E-state index is 0.0593. The van der Waals surface area contributed by atoms with Gasteiger partial charge in [-0.25, -0.2) is 9.18 Å². The second kappa shape index (κ2) is 7.84. The van der Waals surface area contributed by atoms with Gasteiger partial charge in [0, 0.05) is 22.6 Å². The zero-order valence-corrected chi connectivity index (χ0v) is 17.5. The third-order valence-electron chi connectivity index (χ3n) is 5.63. The van der Waals surface area contributed by atoms with Gasteiger partial charge in [-0.1, -0.05) is 36.4 Å². The first-order chi connectivity index (χ1) is 16.0. The average molecular weight is 440 g/mol. The number of para-hydroxylation sites is 1. The highest BCUT2D eigenvalue weighted by atomic mass is 19.1. The molecule has 4 aromatic rings. The van der Waals surface area contributed by atoms with E-state index in [0.29, 0.717) is 28.0 Å². The van der Waals surface area contributed by atoms with E-state index < -0.39 is 11.9 Å². The van der Waals surface area contributed by atoms with Crippen molar-refractivity contribution in [1.82, 2.24) is 0 Å². The number of nitriles is 1. The summed E-state index contributed by atoms with van der Waals surface area (Å²) in [4.78, 5) is 12.8. The van der Waals surface area contributed by atoms with Gasteiger partial charge in [0.05, 0.1) is 5.92 Å². The largest absolute Gasteiger partial charge is 0.449 e. The van der Waals surface area contributed by atoms with Gasteiger partial charge in [-0.05, 0) is 36.8 Å². The maximum Gasteiger partial charge on any atom is 0.379 e. The Morgan fingerprint density at radius 2 is 1.88 bits per heavy atom. The molecule has 0 radical (unpaired) electrons. The molecule has 1 aliphatic heterocycles. The Bertz CT molecular complexity index is 1480. The number of esters is 1. The van der Waals surface area contributed by atoms with Crippen LogP contribution in [0.1, 0.15) is 33.2 Å². The number of furan rings is 1. The summed E-state index contributed by atoms with van der Waals surface area (Å²) in [6.07, 6.45) is 0. The highest BCUT2D eigenvalue weighted by molar-refractivity contribution is 5.96. The lowest BCUT2D eigenvalue weighted by atomic mass is 9.83. The van der Waals surface area contributed by atoms with Gasteiger partial charge in [0.25, 0.3) is 0 Å². The number of hydrogen-bond acceptors (Lipinski definition) is 6. The Balaban J connectivity index is 1.49. The number of carbonyl (C=O) groups is 1. The molecule has 1 aliphatic rings. The van der Waals surface area contributed by atoms with Crippen molar-refractivity contribution < 1.29 is 23.1 Å². The van der Waals surface area contributed by atoms with Gasteiger partial charge in [0.15, 0.2) is 0 Å². The number of nitrogens with two attached hydrogens (primary N) is 1. The normalized spacial score (nSPS) is 15.0. The molecule has 7 heteroatoms. The number of nitrogens with zero attached hydrogens (tertiary/aromatic N) is 1. The number of carbonyl (C=O) groups excluding carboxylic acids is 1. The van der Waals surface area contributed by atoms with Crippen LogP contribution < -0.4 is 15.2 Å². The van der Waals surface area contributed by atoms with E-state index in [1.807, 2.05) is 18.2 Å². The standard InChI is InChI=1S/C26H17FN2O4/c1-14-18-4-2-3-5-21(18)32-24(14)26(30)31-17-10-11-19-22(12-17)33-25(29)20(13-28)23(19)15-6-8-16(27)9-7-15/h2-12,23H,29H2,1H3. The Kier molecular flexibility index (Phi) is 4.83. The summed E-state index contributed by atoms with van der Waals surface area (Å²) in [5.41, 5.74) is 8.84. The smallest absolute Gasteiger partial charge is 0.379 e. The Morgan fingerprint density at radius 3 is 2.61 bits per heavy atom. The monoisotopic (exact) mass is 440 g/mol. The van der Waals surface area contributed by atoms with E-state index in [1.165, 1.54) is 18.2 Å². The van der Waals surface area contributed by atoms with Crippen molar-refractivity contribution in [2.24, 2.45) is 5.73 Å². The minimum Gasteiger partial charge on any atom is -0.449 e. The summed E-state index contributed by atoms with van der Waals surface area (Å²) in [6, 6.07) is 20.1. The molecule has 1 aromatic heterocycles. The predicted molar refractivity (Wildman–Crippen MR) is 118 cm³/mol. The lowest BCUT2D eigenvalue weighted by molar-refractivity contribution is 0.0702. The fourth-order valence-corrected chi connectivity index (χ4v) is 4.02.